The summed E-state index contributed by atoms with van der Waals surface area (Å²) in [5.74, 6) is -0.753. The van der Waals surface area contributed by atoms with Crippen LogP contribution >= 0.6 is 0 Å². The Kier molecular flexibility index (Phi) is 8.73. The molecule has 0 aliphatic rings. The molecule has 4 heteroatoms. The van der Waals surface area contributed by atoms with Crippen molar-refractivity contribution in [1.29, 1.82) is 0 Å². The standard InChI is InChI=1S/C24H26O4/c1-19-5-9-21(10-6-19)13-15-23(25)27-17-3-4-18-28-24(26)16-14-22-11-7-20(2)8-12-22/h5-16H,3-4,17-18H2,1-2H3/b15-13-,16-14-. The summed E-state index contributed by atoms with van der Waals surface area (Å²) in [6.45, 7) is 4.63. The highest BCUT2D eigenvalue weighted by molar-refractivity contribution is 5.87. The summed E-state index contributed by atoms with van der Waals surface area (Å²) in [5, 5.41) is 0. The molecule has 0 saturated heterocycles. The number of aryl methyl sites for hydroxylation is 2. The summed E-state index contributed by atoms with van der Waals surface area (Å²) in [7, 11) is 0. The molecule has 146 valence electrons. The first-order valence-corrected chi connectivity index (χ1v) is 9.36. The maximum atomic E-state index is 11.7. The molecule has 0 fully saturated rings. The maximum Gasteiger partial charge on any atom is 0.330 e. The fourth-order valence-electron chi connectivity index (χ4n) is 2.33. The van der Waals surface area contributed by atoms with Crippen molar-refractivity contribution in [3.63, 3.8) is 0 Å². The van der Waals surface area contributed by atoms with Crippen LogP contribution in [-0.4, -0.2) is 25.2 Å². The van der Waals surface area contributed by atoms with Crippen LogP contribution in [0.1, 0.15) is 35.1 Å². The first-order chi connectivity index (χ1) is 13.5. The molecule has 0 atom stereocenters. The Morgan fingerprint density at radius 2 is 1.04 bits per heavy atom. The summed E-state index contributed by atoms with van der Waals surface area (Å²) in [6, 6.07) is 15.7. The second kappa shape index (κ2) is 11.5. The zero-order valence-electron chi connectivity index (χ0n) is 16.4. The normalized spacial score (nSPS) is 11.1. The van der Waals surface area contributed by atoms with Crippen LogP contribution in [0, 0.1) is 13.8 Å². The third-order valence-corrected chi connectivity index (χ3v) is 4.01. The van der Waals surface area contributed by atoms with E-state index in [2.05, 4.69) is 0 Å². The average Bonchev–Trinajstić information content (AvgIpc) is 2.69. The molecule has 0 unspecified atom stereocenters. The fourth-order valence-corrected chi connectivity index (χ4v) is 2.33. The van der Waals surface area contributed by atoms with Gasteiger partial charge in [-0.3, -0.25) is 0 Å². The molecule has 0 aromatic heterocycles. The van der Waals surface area contributed by atoms with Crippen LogP contribution in [-0.2, 0) is 19.1 Å². The number of hydrogen-bond donors (Lipinski definition) is 0. The van der Waals surface area contributed by atoms with Gasteiger partial charge in [-0.05, 0) is 50.0 Å². The summed E-state index contributed by atoms with van der Waals surface area (Å²) < 4.78 is 10.3. The molecule has 0 spiro atoms. The molecule has 0 saturated carbocycles. The van der Waals surface area contributed by atoms with E-state index in [-0.39, 0.29) is 11.9 Å². The molecule has 0 aliphatic carbocycles. The zero-order chi connectivity index (χ0) is 20.2. The molecule has 2 aromatic carbocycles. The quantitative estimate of drug-likeness (QED) is 0.354. The highest BCUT2D eigenvalue weighted by Gasteiger charge is 2.00. The maximum absolute atomic E-state index is 11.7. The molecule has 4 nitrogen and oxygen atoms in total. The van der Waals surface area contributed by atoms with E-state index >= 15 is 0 Å². The highest BCUT2D eigenvalue weighted by atomic mass is 16.5. The molecule has 28 heavy (non-hydrogen) atoms. The van der Waals surface area contributed by atoms with E-state index in [1.54, 1.807) is 12.2 Å². The third-order valence-electron chi connectivity index (χ3n) is 4.01. The van der Waals surface area contributed by atoms with Gasteiger partial charge in [0.15, 0.2) is 0 Å². The molecule has 0 bridgehead atoms. The van der Waals surface area contributed by atoms with E-state index in [1.807, 2.05) is 62.4 Å². The van der Waals surface area contributed by atoms with E-state index in [1.165, 1.54) is 23.3 Å². The molecule has 2 aromatic rings. The Labute approximate surface area is 166 Å². The summed E-state index contributed by atoms with van der Waals surface area (Å²) in [4.78, 5) is 23.3. The Hall–Kier alpha value is -3.14. The van der Waals surface area contributed by atoms with Crippen LogP contribution in [0.5, 0.6) is 0 Å². The largest absolute Gasteiger partial charge is 0.463 e. The number of esters is 2. The Morgan fingerprint density at radius 3 is 1.39 bits per heavy atom. The number of ether oxygens (including phenoxy) is 2. The minimum Gasteiger partial charge on any atom is -0.463 e. The number of carbonyl (C=O) groups is 2. The van der Waals surface area contributed by atoms with Crippen LogP contribution in [0.2, 0.25) is 0 Å². The molecule has 0 amide bonds. The Balaban J connectivity index is 1.56. The Morgan fingerprint density at radius 1 is 0.679 bits per heavy atom. The lowest BCUT2D eigenvalue weighted by Crippen LogP contribution is -2.06. The first kappa shape index (κ1) is 21.2. The Bertz CT molecular complexity index is 743. The summed E-state index contributed by atoms with van der Waals surface area (Å²) in [5.41, 5.74) is 4.25. The van der Waals surface area contributed by atoms with Crippen molar-refractivity contribution in [2.24, 2.45) is 0 Å². The highest BCUT2D eigenvalue weighted by Crippen LogP contribution is 2.06. The summed E-state index contributed by atoms with van der Waals surface area (Å²) in [6.07, 6.45) is 7.56. The fraction of sp³-hybridized carbons (Fsp3) is 0.250. The third kappa shape index (κ3) is 8.49. The average molecular weight is 378 g/mol. The molecular weight excluding hydrogens is 352 g/mol. The van der Waals surface area contributed by atoms with Crippen molar-refractivity contribution in [3.05, 3.63) is 82.9 Å². The summed E-state index contributed by atoms with van der Waals surface area (Å²) >= 11 is 0. The van der Waals surface area contributed by atoms with Crippen molar-refractivity contribution in [3.8, 4) is 0 Å². The zero-order valence-corrected chi connectivity index (χ0v) is 16.4. The second-order valence-electron chi connectivity index (χ2n) is 6.53. The van der Waals surface area contributed by atoms with Crippen LogP contribution in [0.25, 0.3) is 12.2 Å². The van der Waals surface area contributed by atoms with Gasteiger partial charge in [-0.25, -0.2) is 9.59 Å². The van der Waals surface area contributed by atoms with Gasteiger partial charge >= 0.3 is 11.9 Å². The second-order valence-corrected chi connectivity index (χ2v) is 6.53. The smallest absolute Gasteiger partial charge is 0.330 e. The van der Waals surface area contributed by atoms with Crippen molar-refractivity contribution in [2.75, 3.05) is 13.2 Å². The molecule has 0 radical (unpaired) electrons. The van der Waals surface area contributed by atoms with E-state index in [4.69, 9.17) is 9.47 Å². The molecular formula is C24H26O4. The number of carbonyl (C=O) groups excluding carboxylic acids is 2. The number of rotatable bonds is 9. The van der Waals surface area contributed by atoms with Gasteiger partial charge in [0.2, 0.25) is 0 Å². The van der Waals surface area contributed by atoms with Gasteiger partial charge in [-0.1, -0.05) is 59.7 Å². The number of benzene rings is 2. The predicted octanol–water partition coefficient (Wildman–Crippen LogP) is 4.90. The van der Waals surface area contributed by atoms with Crippen molar-refractivity contribution in [2.45, 2.75) is 26.7 Å². The number of hydrogen-bond acceptors (Lipinski definition) is 4. The van der Waals surface area contributed by atoms with Gasteiger partial charge < -0.3 is 9.47 Å². The van der Waals surface area contributed by atoms with Gasteiger partial charge in [0, 0.05) is 12.2 Å². The van der Waals surface area contributed by atoms with Gasteiger partial charge in [-0.2, -0.15) is 0 Å². The lowest BCUT2D eigenvalue weighted by atomic mass is 10.1. The van der Waals surface area contributed by atoms with E-state index in [9.17, 15) is 9.59 Å². The first-order valence-electron chi connectivity index (χ1n) is 9.36. The van der Waals surface area contributed by atoms with Crippen LogP contribution in [0.3, 0.4) is 0 Å². The van der Waals surface area contributed by atoms with E-state index in [0.29, 0.717) is 26.1 Å². The topological polar surface area (TPSA) is 52.6 Å². The predicted molar refractivity (Wildman–Crippen MR) is 112 cm³/mol. The number of unbranched alkanes of at least 4 members (excludes halogenated alkanes) is 1. The van der Waals surface area contributed by atoms with E-state index in [0.717, 1.165) is 11.1 Å². The van der Waals surface area contributed by atoms with Crippen LogP contribution in [0.15, 0.2) is 60.7 Å². The molecule has 0 aliphatic heterocycles. The molecule has 0 heterocycles. The lowest BCUT2D eigenvalue weighted by molar-refractivity contribution is -0.140. The van der Waals surface area contributed by atoms with Crippen molar-refractivity contribution >= 4 is 24.1 Å². The van der Waals surface area contributed by atoms with Crippen molar-refractivity contribution in [1.82, 2.24) is 0 Å². The van der Waals surface area contributed by atoms with Crippen molar-refractivity contribution < 1.29 is 19.1 Å². The molecule has 2 rings (SSSR count). The van der Waals surface area contributed by atoms with Gasteiger partial charge in [0.05, 0.1) is 13.2 Å². The minimum atomic E-state index is -0.376. The van der Waals surface area contributed by atoms with Crippen LogP contribution < -0.4 is 0 Å². The SMILES string of the molecule is Cc1ccc(/C=C\C(=O)OCCCCOC(=O)/C=C\c2ccc(C)cc2)cc1. The molecule has 0 N–H and O–H groups in total. The van der Waals surface area contributed by atoms with E-state index < -0.39 is 0 Å². The van der Waals surface area contributed by atoms with Gasteiger partial charge in [0.25, 0.3) is 0 Å². The van der Waals surface area contributed by atoms with Gasteiger partial charge in [-0.15, -0.1) is 0 Å². The van der Waals surface area contributed by atoms with Gasteiger partial charge in [0.1, 0.15) is 0 Å². The van der Waals surface area contributed by atoms with Crippen LogP contribution in [0.4, 0.5) is 0 Å². The minimum absolute atomic E-state index is 0.299. The monoisotopic (exact) mass is 378 g/mol. The lowest BCUT2D eigenvalue weighted by Gasteiger charge is -2.03.